The van der Waals surface area contributed by atoms with E-state index in [-0.39, 0.29) is 0 Å². The van der Waals surface area contributed by atoms with Gasteiger partial charge in [-0.3, -0.25) is 0 Å². The lowest BCUT2D eigenvalue weighted by Crippen LogP contribution is -2.36. The van der Waals surface area contributed by atoms with Crippen molar-refractivity contribution >= 4 is 34.6 Å². The minimum atomic E-state index is 0.649. The molecular formula is C20H28ClN3OS. The van der Waals surface area contributed by atoms with Gasteiger partial charge in [-0.05, 0) is 75.0 Å². The Morgan fingerprint density at radius 1 is 1.19 bits per heavy atom. The van der Waals surface area contributed by atoms with E-state index in [1.54, 1.807) is 6.26 Å². The predicted molar refractivity (Wildman–Crippen MR) is 114 cm³/mol. The number of furan rings is 1. The van der Waals surface area contributed by atoms with Crippen LogP contribution in [0.15, 0.2) is 41.0 Å². The zero-order valence-electron chi connectivity index (χ0n) is 15.8. The Kier molecular flexibility index (Phi) is 8.42. The molecule has 2 aromatic rings. The SMILES string of the molecule is CCN(CC)CCCN(Cc1ccco1)C(=S)Nc1ccc(C)c(Cl)c1. The number of anilines is 1. The molecule has 1 N–H and O–H groups in total. The minimum absolute atomic E-state index is 0.649. The number of hydrogen-bond donors (Lipinski definition) is 1. The summed E-state index contributed by atoms with van der Waals surface area (Å²) in [6, 6.07) is 9.77. The molecule has 0 fully saturated rings. The smallest absolute Gasteiger partial charge is 0.173 e. The maximum atomic E-state index is 6.22. The molecule has 4 nitrogen and oxygen atoms in total. The Morgan fingerprint density at radius 2 is 1.96 bits per heavy atom. The van der Waals surface area contributed by atoms with E-state index >= 15 is 0 Å². The maximum absolute atomic E-state index is 6.22. The van der Waals surface area contributed by atoms with Crippen LogP contribution in [0.5, 0.6) is 0 Å². The van der Waals surface area contributed by atoms with Crippen LogP contribution in [0.2, 0.25) is 5.02 Å². The van der Waals surface area contributed by atoms with Crippen LogP contribution >= 0.6 is 23.8 Å². The van der Waals surface area contributed by atoms with E-state index in [4.69, 9.17) is 28.2 Å². The van der Waals surface area contributed by atoms with Crippen molar-refractivity contribution in [1.29, 1.82) is 0 Å². The highest BCUT2D eigenvalue weighted by atomic mass is 35.5. The second-order valence-corrected chi connectivity index (χ2v) is 7.07. The van der Waals surface area contributed by atoms with Crippen molar-refractivity contribution in [2.45, 2.75) is 33.7 Å². The molecule has 0 aliphatic heterocycles. The number of benzene rings is 1. The van der Waals surface area contributed by atoms with Crippen molar-refractivity contribution in [1.82, 2.24) is 9.80 Å². The lowest BCUT2D eigenvalue weighted by Gasteiger charge is -2.26. The fourth-order valence-electron chi connectivity index (χ4n) is 2.74. The number of aryl methyl sites for hydroxylation is 1. The standard InChI is InChI=1S/C20H28ClN3OS/c1-4-23(5-2)11-7-12-24(15-18-8-6-13-25-18)20(26)22-17-10-9-16(3)19(21)14-17/h6,8-10,13-14H,4-5,7,11-12,15H2,1-3H3,(H,22,26). The van der Waals surface area contributed by atoms with Crippen molar-refractivity contribution in [3.63, 3.8) is 0 Å². The van der Waals surface area contributed by atoms with Gasteiger partial charge in [0.05, 0.1) is 12.8 Å². The van der Waals surface area contributed by atoms with Crippen molar-refractivity contribution in [2.24, 2.45) is 0 Å². The molecule has 0 unspecified atom stereocenters. The summed E-state index contributed by atoms with van der Waals surface area (Å²) >= 11 is 11.9. The van der Waals surface area contributed by atoms with Crippen LogP contribution in [0, 0.1) is 6.92 Å². The molecule has 1 heterocycles. The minimum Gasteiger partial charge on any atom is -0.467 e. The summed E-state index contributed by atoms with van der Waals surface area (Å²) in [5.74, 6) is 0.902. The van der Waals surface area contributed by atoms with Gasteiger partial charge in [-0.25, -0.2) is 0 Å². The average molecular weight is 394 g/mol. The first kappa shape index (κ1) is 20.7. The van der Waals surface area contributed by atoms with Crippen LogP contribution in [0.25, 0.3) is 0 Å². The number of thiocarbonyl (C=S) groups is 1. The molecule has 0 saturated heterocycles. The van der Waals surface area contributed by atoms with Crippen LogP contribution < -0.4 is 5.32 Å². The highest BCUT2D eigenvalue weighted by Gasteiger charge is 2.13. The van der Waals surface area contributed by atoms with Gasteiger partial charge < -0.3 is 19.5 Å². The second kappa shape index (κ2) is 10.6. The normalized spacial score (nSPS) is 11.0. The fraction of sp³-hybridized carbons (Fsp3) is 0.450. The van der Waals surface area contributed by atoms with Crippen LogP contribution in [-0.4, -0.2) is 41.1 Å². The molecule has 1 aromatic heterocycles. The zero-order valence-corrected chi connectivity index (χ0v) is 17.4. The van der Waals surface area contributed by atoms with Crippen LogP contribution in [0.1, 0.15) is 31.6 Å². The topological polar surface area (TPSA) is 31.6 Å². The molecule has 0 spiro atoms. The monoisotopic (exact) mass is 393 g/mol. The Balaban J connectivity index is 2.01. The largest absolute Gasteiger partial charge is 0.467 e. The van der Waals surface area contributed by atoms with Gasteiger partial charge in [0.15, 0.2) is 5.11 Å². The number of halogens is 1. The first-order valence-electron chi connectivity index (χ1n) is 9.10. The van der Waals surface area contributed by atoms with E-state index in [2.05, 4.69) is 29.0 Å². The number of rotatable bonds is 9. The molecule has 142 valence electrons. The fourth-order valence-corrected chi connectivity index (χ4v) is 3.20. The molecule has 1 aromatic carbocycles. The summed E-state index contributed by atoms with van der Waals surface area (Å²) in [5, 5.41) is 4.72. The lowest BCUT2D eigenvalue weighted by atomic mass is 10.2. The number of nitrogens with zero attached hydrogens (tertiary/aromatic N) is 2. The van der Waals surface area contributed by atoms with Crippen molar-refractivity contribution in [3.05, 3.63) is 52.9 Å². The first-order valence-corrected chi connectivity index (χ1v) is 9.89. The van der Waals surface area contributed by atoms with E-state index in [0.29, 0.717) is 11.7 Å². The third kappa shape index (κ3) is 6.31. The van der Waals surface area contributed by atoms with Gasteiger partial charge in [0.1, 0.15) is 5.76 Å². The number of nitrogens with one attached hydrogen (secondary N) is 1. The molecule has 0 saturated carbocycles. The second-order valence-electron chi connectivity index (χ2n) is 6.28. The van der Waals surface area contributed by atoms with Crippen LogP contribution in [-0.2, 0) is 6.54 Å². The van der Waals surface area contributed by atoms with Gasteiger partial charge in [0, 0.05) is 17.3 Å². The summed E-state index contributed by atoms with van der Waals surface area (Å²) in [6.07, 6.45) is 2.73. The van der Waals surface area contributed by atoms with Gasteiger partial charge >= 0.3 is 0 Å². The van der Waals surface area contributed by atoms with Gasteiger partial charge in [-0.1, -0.05) is 31.5 Å². The Labute approximate surface area is 167 Å². The van der Waals surface area contributed by atoms with Crippen molar-refractivity contribution in [2.75, 3.05) is 31.5 Å². The molecule has 26 heavy (non-hydrogen) atoms. The lowest BCUT2D eigenvalue weighted by molar-refractivity contribution is 0.276. The van der Waals surface area contributed by atoms with Gasteiger partial charge in [-0.2, -0.15) is 0 Å². The first-order chi connectivity index (χ1) is 12.5. The van der Waals surface area contributed by atoms with Crippen molar-refractivity contribution in [3.8, 4) is 0 Å². The molecule has 0 amide bonds. The maximum Gasteiger partial charge on any atom is 0.173 e. The Hall–Kier alpha value is -1.56. The van der Waals surface area contributed by atoms with Crippen LogP contribution in [0.3, 0.4) is 0 Å². The molecule has 0 aliphatic rings. The Bertz CT molecular complexity index is 686. The van der Waals surface area contributed by atoms with Gasteiger partial charge in [-0.15, -0.1) is 0 Å². The molecule has 0 bridgehead atoms. The molecule has 0 radical (unpaired) electrons. The summed E-state index contributed by atoms with van der Waals surface area (Å²) in [7, 11) is 0. The molecular weight excluding hydrogens is 366 g/mol. The van der Waals surface area contributed by atoms with Crippen LogP contribution in [0.4, 0.5) is 5.69 Å². The van der Waals surface area contributed by atoms with E-state index < -0.39 is 0 Å². The number of hydrogen-bond acceptors (Lipinski definition) is 3. The van der Waals surface area contributed by atoms with Gasteiger partial charge in [0.25, 0.3) is 0 Å². The molecule has 6 heteroatoms. The summed E-state index contributed by atoms with van der Waals surface area (Å²) in [6.45, 7) is 11.1. The molecule has 0 aliphatic carbocycles. The summed E-state index contributed by atoms with van der Waals surface area (Å²) in [5.41, 5.74) is 1.95. The van der Waals surface area contributed by atoms with Gasteiger partial charge in [0.2, 0.25) is 0 Å². The quantitative estimate of drug-likeness (QED) is 0.594. The Morgan fingerprint density at radius 3 is 2.58 bits per heavy atom. The zero-order chi connectivity index (χ0) is 18.9. The third-order valence-corrected chi connectivity index (χ3v) is 5.20. The van der Waals surface area contributed by atoms with Crippen molar-refractivity contribution < 1.29 is 4.42 Å². The highest BCUT2D eigenvalue weighted by Crippen LogP contribution is 2.20. The average Bonchev–Trinajstić information content (AvgIpc) is 3.14. The van der Waals surface area contributed by atoms with E-state index in [1.165, 1.54) is 0 Å². The summed E-state index contributed by atoms with van der Waals surface area (Å²) in [4.78, 5) is 4.56. The predicted octanol–water partition coefficient (Wildman–Crippen LogP) is 5.17. The third-order valence-electron chi connectivity index (χ3n) is 4.43. The summed E-state index contributed by atoms with van der Waals surface area (Å²) < 4.78 is 5.51. The van der Waals surface area contributed by atoms with E-state index in [1.807, 2.05) is 37.3 Å². The van der Waals surface area contributed by atoms with E-state index in [0.717, 1.165) is 54.6 Å². The van der Waals surface area contributed by atoms with E-state index in [9.17, 15) is 0 Å². The molecule has 2 rings (SSSR count). The molecule has 0 atom stereocenters. The highest BCUT2D eigenvalue weighted by molar-refractivity contribution is 7.80.